The van der Waals surface area contributed by atoms with Gasteiger partial charge in [-0.05, 0) is 30.5 Å². The average Bonchev–Trinajstić information content (AvgIpc) is 2.79. The summed E-state index contributed by atoms with van der Waals surface area (Å²) in [5.41, 5.74) is 1.02. The molecule has 1 unspecified atom stereocenters. The highest BCUT2D eigenvalue weighted by Crippen LogP contribution is 2.22. The lowest BCUT2D eigenvalue weighted by Crippen LogP contribution is -2.49. The quantitative estimate of drug-likeness (QED) is 0.306. The summed E-state index contributed by atoms with van der Waals surface area (Å²) in [6.45, 7) is 4.61. The maximum atomic E-state index is 13.4. The molecule has 1 atom stereocenters. The molecule has 0 aromatic heterocycles. The van der Waals surface area contributed by atoms with Gasteiger partial charge in [0.15, 0.2) is 0 Å². The van der Waals surface area contributed by atoms with E-state index in [0.717, 1.165) is 18.4 Å². The third-order valence-corrected chi connectivity index (χ3v) is 5.23. The van der Waals surface area contributed by atoms with Crippen molar-refractivity contribution in [3.63, 3.8) is 0 Å². The topological polar surface area (TPSA) is 102 Å². The number of rotatable bonds is 12. The van der Waals surface area contributed by atoms with Gasteiger partial charge in [-0.1, -0.05) is 50.6 Å². The number of unbranched alkanes of at least 4 members (excludes halogenated alkanes) is 1. The predicted molar refractivity (Wildman–Crippen MR) is 122 cm³/mol. The summed E-state index contributed by atoms with van der Waals surface area (Å²) in [5, 5.41) is 14.3. The molecule has 0 fully saturated rings. The molecule has 172 valence electrons. The fourth-order valence-corrected chi connectivity index (χ4v) is 3.50. The molecule has 2 rings (SSSR count). The minimum Gasteiger partial charge on any atom is -0.497 e. The minimum atomic E-state index is -0.687. The van der Waals surface area contributed by atoms with Crippen molar-refractivity contribution in [2.75, 3.05) is 13.7 Å². The number of carbonyl (C=O) groups excluding carboxylic acids is 2. The lowest BCUT2D eigenvalue weighted by molar-refractivity contribution is -0.385. The standard InChI is InChI=1S/C24H31N3O5/c1-4-6-14-25-24(29)21(5-2)26(17-18-10-9-12-20(15-18)32-3)23(28)16-19-11-7-8-13-22(19)27(30)31/h7-13,15,21H,4-6,14,16-17H2,1-3H3,(H,25,29). The van der Waals surface area contributed by atoms with Gasteiger partial charge in [0.1, 0.15) is 11.8 Å². The summed E-state index contributed by atoms with van der Waals surface area (Å²) in [4.78, 5) is 38.7. The zero-order valence-corrected chi connectivity index (χ0v) is 18.9. The Morgan fingerprint density at radius 2 is 1.91 bits per heavy atom. The largest absolute Gasteiger partial charge is 0.497 e. The third-order valence-electron chi connectivity index (χ3n) is 5.23. The van der Waals surface area contributed by atoms with Crippen molar-refractivity contribution >= 4 is 17.5 Å². The second-order valence-corrected chi connectivity index (χ2v) is 7.50. The number of amides is 2. The van der Waals surface area contributed by atoms with E-state index < -0.39 is 11.0 Å². The van der Waals surface area contributed by atoms with Crippen molar-refractivity contribution in [1.82, 2.24) is 10.2 Å². The molecular formula is C24H31N3O5. The monoisotopic (exact) mass is 441 g/mol. The van der Waals surface area contributed by atoms with Gasteiger partial charge in [0.2, 0.25) is 11.8 Å². The molecule has 2 aromatic rings. The van der Waals surface area contributed by atoms with Crippen LogP contribution >= 0.6 is 0 Å². The van der Waals surface area contributed by atoms with Crippen LogP contribution in [0.3, 0.4) is 0 Å². The van der Waals surface area contributed by atoms with Gasteiger partial charge in [-0.3, -0.25) is 19.7 Å². The molecule has 0 saturated carbocycles. The van der Waals surface area contributed by atoms with E-state index in [0.29, 0.717) is 24.3 Å². The molecule has 0 aliphatic carbocycles. The number of nitro benzene ring substituents is 1. The van der Waals surface area contributed by atoms with Crippen molar-refractivity contribution in [1.29, 1.82) is 0 Å². The number of hydrogen-bond donors (Lipinski definition) is 1. The number of nitrogens with zero attached hydrogens (tertiary/aromatic N) is 2. The maximum absolute atomic E-state index is 13.4. The van der Waals surface area contributed by atoms with Gasteiger partial charge in [-0.2, -0.15) is 0 Å². The number of methoxy groups -OCH3 is 1. The molecule has 32 heavy (non-hydrogen) atoms. The molecule has 0 aliphatic heterocycles. The molecule has 1 N–H and O–H groups in total. The van der Waals surface area contributed by atoms with E-state index in [-0.39, 0.29) is 30.5 Å². The summed E-state index contributed by atoms with van der Waals surface area (Å²) >= 11 is 0. The van der Waals surface area contributed by atoms with Crippen LogP contribution in [0.15, 0.2) is 48.5 Å². The van der Waals surface area contributed by atoms with Crippen LogP contribution < -0.4 is 10.1 Å². The number of hydrogen-bond acceptors (Lipinski definition) is 5. The van der Waals surface area contributed by atoms with Gasteiger partial charge in [0.05, 0.1) is 18.5 Å². The Morgan fingerprint density at radius 1 is 1.16 bits per heavy atom. The number of benzene rings is 2. The van der Waals surface area contributed by atoms with E-state index in [1.807, 2.05) is 32.0 Å². The van der Waals surface area contributed by atoms with E-state index in [9.17, 15) is 19.7 Å². The van der Waals surface area contributed by atoms with Crippen molar-refractivity contribution < 1.29 is 19.2 Å². The Balaban J connectivity index is 2.34. The summed E-state index contributed by atoms with van der Waals surface area (Å²) < 4.78 is 5.28. The lowest BCUT2D eigenvalue weighted by atomic mass is 10.1. The first-order chi connectivity index (χ1) is 15.4. The zero-order valence-electron chi connectivity index (χ0n) is 18.9. The van der Waals surface area contributed by atoms with Gasteiger partial charge >= 0.3 is 0 Å². The van der Waals surface area contributed by atoms with E-state index in [1.54, 1.807) is 31.4 Å². The first-order valence-corrected chi connectivity index (χ1v) is 10.8. The van der Waals surface area contributed by atoms with Gasteiger partial charge in [-0.15, -0.1) is 0 Å². The van der Waals surface area contributed by atoms with Gasteiger partial charge in [0, 0.05) is 24.7 Å². The van der Waals surface area contributed by atoms with Crippen LogP contribution in [0.1, 0.15) is 44.2 Å². The first kappa shape index (κ1) is 24.8. The van der Waals surface area contributed by atoms with Crippen LogP contribution in [0.2, 0.25) is 0 Å². The molecule has 0 spiro atoms. The molecule has 0 bridgehead atoms. The fraction of sp³-hybridized carbons (Fsp3) is 0.417. The SMILES string of the molecule is CCCCNC(=O)C(CC)N(Cc1cccc(OC)c1)C(=O)Cc1ccccc1[N+](=O)[O-]. The molecule has 0 saturated heterocycles. The molecule has 0 aliphatic rings. The third kappa shape index (κ3) is 6.80. The average molecular weight is 442 g/mol. The fourth-order valence-electron chi connectivity index (χ4n) is 3.50. The molecule has 2 amide bonds. The Hall–Kier alpha value is -3.42. The summed E-state index contributed by atoms with van der Waals surface area (Å²) in [5.74, 6) is 0.0772. The van der Waals surface area contributed by atoms with Crippen LogP contribution in [0.4, 0.5) is 5.69 Å². The summed E-state index contributed by atoms with van der Waals surface area (Å²) in [6.07, 6.45) is 2.05. The molecule has 8 nitrogen and oxygen atoms in total. The minimum absolute atomic E-state index is 0.109. The van der Waals surface area contributed by atoms with E-state index in [4.69, 9.17) is 4.74 Å². The van der Waals surface area contributed by atoms with Gasteiger partial charge in [-0.25, -0.2) is 0 Å². The Morgan fingerprint density at radius 3 is 2.56 bits per heavy atom. The van der Waals surface area contributed by atoms with Crippen LogP contribution in [0.5, 0.6) is 5.75 Å². The van der Waals surface area contributed by atoms with Crippen molar-refractivity contribution in [2.24, 2.45) is 0 Å². The van der Waals surface area contributed by atoms with Crippen LogP contribution in [0.25, 0.3) is 0 Å². The number of ether oxygens (including phenoxy) is 1. The molecule has 8 heteroatoms. The maximum Gasteiger partial charge on any atom is 0.273 e. The number of carbonyl (C=O) groups is 2. The highest BCUT2D eigenvalue weighted by atomic mass is 16.6. The highest BCUT2D eigenvalue weighted by molar-refractivity contribution is 5.88. The molecule has 0 heterocycles. The summed E-state index contributed by atoms with van der Waals surface area (Å²) in [7, 11) is 1.56. The summed E-state index contributed by atoms with van der Waals surface area (Å²) in [6, 6.07) is 12.8. The second kappa shape index (κ2) is 12.4. The zero-order chi connectivity index (χ0) is 23.5. The van der Waals surface area contributed by atoms with E-state index in [2.05, 4.69) is 5.32 Å². The van der Waals surface area contributed by atoms with Crippen LogP contribution in [-0.2, 0) is 22.6 Å². The predicted octanol–water partition coefficient (Wildman–Crippen LogP) is 3.87. The van der Waals surface area contributed by atoms with Crippen molar-refractivity contribution in [3.05, 3.63) is 69.8 Å². The van der Waals surface area contributed by atoms with Gasteiger partial charge < -0.3 is 15.0 Å². The molecule has 0 radical (unpaired) electrons. The Kier molecular flexibility index (Phi) is 9.66. The Labute approximate surface area is 188 Å². The van der Waals surface area contributed by atoms with E-state index >= 15 is 0 Å². The first-order valence-electron chi connectivity index (χ1n) is 10.8. The molecule has 2 aromatic carbocycles. The van der Waals surface area contributed by atoms with E-state index in [1.165, 1.54) is 11.0 Å². The molecular weight excluding hydrogens is 410 g/mol. The van der Waals surface area contributed by atoms with Crippen LogP contribution in [0, 0.1) is 10.1 Å². The normalized spacial score (nSPS) is 11.5. The number of para-hydroxylation sites is 1. The lowest BCUT2D eigenvalue weighted by Gasteiger charge is -2.31. The second-order valence-electron chi connectivity index (χ2n) is 7.50. The number of nitro groups is 1. The van der Waals surface area contributed by atoms with Gasteiger partial charge in [0.25, 0.3) is 5.69 Å². The smallest absolute Gasteiger partial charge is 0.273 e. The highest BCUT2D eigenvalue weighted by Gasteiger charge is 2.29. The van der Waals surface area contributed by atoms with Crippen LogP contribution in [-0.4, -0.2) is 41.3 Å². The Bertz CT molecular complexity index is 931. The van der Waals surface area contributed by atoms with Crippen molar-refractivity contribution in [2.45, 2.75) is 52.1 Å². The number of nitrogens with one attached hydrogen (secondary N) is 1. The van der Waals surface area contributed by atoms with Crippen molar-refractivity contribution in [3.8, 4) is 5.75 Å².